The van der Waals surface area contributed by atoms with Crippen molar-refractivity contribution >= 4 is 17.1 Å². The van der Waals surface area contributed by atoms with Crippen molar-refractivity contribution in [3.63, 3.8) is 0 Å². The number of carbonyl (C=O) groups is 1. The van der Waals surface area contributed by atoms with E-state index in [0.29, 0.717) is 19.6 Å². The molecular weight excluding hydrogens is 244 g/mol. The molecule has 1 aromatic carbocycles. The van der Waals surface area contributed by atoms with Gasteiger partial charge < -0.3 is 20.0 Å². The highest BCUT2D eigenvalue weighted by Gasteiger charge is 2.35. The molecule has 1 aliphatic rings. The van der Waals surface area contributed by atoms with Crippen LogP contribution in [0.3, 0.4) is 0 Å². The maximum atomic E-state index is 12.1. The maximum Gasteiger partial charge on any atom is 0.320 e. The van der Waals surface area contributed by atoms with Crippen LogP contribution in [0.25, 0.3) is 11.1 Å². The first kappa shape index (κ1) is 12.0. The Morgan fingerprint density at radius 1 is 1.53 bits per heavy atom. The number of benzene rings is 1. The minimum Gasteiger partial charge on any atom is -0.443 e. The Morgan fingerprint density at radius 3 is 3.16 bits per heavy atom. The van der Waals surface area contributed by atoms with E-state index in [-0.39, 0.29) is 12.1 Å². The summed E-state index contributed by atoms with van der Waals surface area (Å²) in [7, 11) is 1.81. The molecule has 0 saturated carbocycles. The molecule has 0 aliphatic carbocycles. The van der Waals surface area contributed by atoms with Crippen LogP contribution in [0.5, 0.6) is 0 Å². The third kappa shape index (κ3) is 1.94. The van der Waals surface area contributed by atoms with Crippen molar-refractivity contribution in [1.29, 1.82) is 0 Å². The summed E-state index contributed by atoms with van der Waals surface area (Å²) in [6, 6.07) is 5.91. The Kier molecular flexibility index (Phi) is 2.87. The van der Waals surface area contributed by atoms with Gasteiger partial charge in [0.1, 0.15) is 5.52 Å². The zero-order valence-corrected chi connectivity index (χ0v) is 10.7. The van der Waals surface area contributed by atoms with E-state index < -0.39 is 0 Å². The molecule has 0 bridgehead atoms. The topological polar surface area (TPSA) is 75.6 Å². The standard InChI is InChI=1S/C13H16N4O2/c1-16-11(7-17(5-4-14)13(16)18)9-2-3-10-12(6-9)19-8-15-10/h2-3,6,8,11H,4-5,7,14H2,1H3. The molecule has 2 N–H and O–H groups in total. The second kappa shape index (κ2) is 4.55. The fourth-order valence-corrected chi connectivity index (χ4v) is 2.52. The molecule has 2 amide bonds. The Morgan fingerprint density at radius 2 is 2.37 bits per heavy atom. The average molecular weight is 260 g/mol. The number of nitrogens with two attached hydrogens (primary N) is 1. The molecular formula is C13H16N4O2. The number of nitrogens with zero attached hydrogens (tertiary/aromatic N) is 3. The van der Waals surface area contributed by atoms with Gasteiger partial charge >= 0.3 is 6.03 Å². The minimum absolute atomic E-state index is 0.0214. The van der Waals surface area contributed by atoms with E-state index in [1.54, 1.807) is 9.80 Å². The van der Waals surface area contributed by atoms with Gasteiger partial charge in [-0.3, -0.25) is 0 Å². The van der Waals surface area contributed by atoms with Crippen LogP contribution in [-0.2, 0) is 0 Å². The second-order valence-corrected chi connectivity index (χ2v) is 4.72. The molecule has 6 nitrogen and oxygen atoms in total. The van der Waals surface area contributed by atoms with Crippen LogP contribution < -0.4 is 5.73 Å². The number of urea groups is 1. The highest BCUT2D eigenvalue weighted by molar-refractivity contribution is 5.78. The third-order valence-corrected chi connectivity index (χ3v) is 3.57. The maximum absolute atomic E-state index is 12.1. The summed E-state index contributed by atoms with van der Waals surface area (Å²) < 4.78 is 5.31. The van der Waals surface area contributed by atoms with Crippen LogP contribution >= 0.6 is 0 Å². The third-order valence-electron chi connectivity index (χ3n) is 3.57. The van der Waals surface area contributed by atoms with Crippen molar-refractivity contribution in [3.8, 4) is 0 Å². The number of hydrogen-bond acceptors (Lipinski definition) is 4. The van der Waals surface area contributed by atoms with Crippen molar-refractivity contribution < 1.29 is 9.21 Å². The monoisotopic (exact) mass is 260 g/mol. The van der Waals surface area contributed by atoms with Crippen molar-refractivity contribution in [3.05, 3.63) is 30.2 Å². The summed E-state index contributed by atoms with van der Waals surface area (Å²) in [5.41, 5.74) is 8.15. The number of likely N-dealkylation sites (N-methyl/N-ethyl adjacent to an activating group) is 1. The SMILES string of the molecule is CN1C(=O)N(CCN)CC1c1ccc2ncoc2c1. The van der Waals surface area contributed by atoms with Gasteiger partial charge in [0.25, 0.3) is 0 Å². The van der Waals surface area contributed by atoms with Crippen LogP contribution in [0.15, 0.2) is 29.0 Å². The predicted molar refractivity (Wildman–Crippen MR) is 70.5 cm³/mol. The van der Waals surface area contributed by atoms with Crippen LogP contribution in [0, 0.1) is 0 Å². The fourth-order valence-electron chi connectivity index (χ4n) is 2.52. The normalized spacial score (nSPS) is 19.7. The van der Waals surface area contributed by atoms with E-state index in [1.807, 2.05) is 25.2 Å². The lowest BCUT2D eigenvalue weighted by atomic mass is 10.1. The number of carbonyl (C=O) groups excluding carboxylic acids is 1. The van der Waals surface area contributed by atoms with E-state index in [9.17, 15) is 4.79 Å². The predicted octanol–water partition coefficient (Wildman–Crippen LogP) is 1.20. The van der Waals surface area contributed by atoms with Gasteiger partial charge in [-0.25, -0.2) is 9.78 Å². The Balaban J connectivity index is 1.91. The first-order chi connectivity index (χ1) is 9.20. The fraction of sp³-hybridized carbons (Fsp3) is 0.385. The summed E-state index contributed by atoms with van der Waals surface area (Å²) in [5, 5.41) is 0. The van der Waals surface area contributed by atoms with E-state index >= 15 is 0 Å². The van der Waals surface area contributed by atoms with Gasteiger partial charge in [0, 0.05) is 26.7 Å². The van der Waals surface area contributed by atoms with E-state index in [4.69, 9.17) is 10.2 Å². The van der Waals surface area contributed by atoms with Crippen LogP contribution in [0.4, 0.5) is 4.79 Å². The van der Waals surface area contributed by atoms with Gasteiger partial charge in [0.15, 0.2) is 12.0 Å². The van der Waals surface area contributed by atoms with Crippen molar-refractivity contribution in [2.24, 2.45) is 5.73 Å². The van der Waals surface area contributed by atoms with Crippen LogP contribution in [0.2, 0.25) is 0 Å². The first-order valence-corrected chi connectivity index (χ1v) is 6.25. The molecule has 1 aromatic heterocycles. The van der Waals surface area contributed by atoms with E-state index in [0.717, 1.165) is 16.7 Å². The molecule has 1 aliphatic heterocycles. The molecule has 0 spiro atoms. The molecule has 100 valence electrons. The summed E-state index contributed by atoms with van der Waals surface area (Å²) in [4.78, 5) is 19.7. The zero-order valence-electron chi connectivity index (χ0n) is 10.7. The number of amides is 2. The van der Waals surface area contributed by atoms with Gasteiger partial charge in [-0.2, -0.15) is 0 Å². The average Bonchev–Trinajstić information content (AvgIpc) is 2.98. The lowest BCUT2D eigenvalue weighted by Crippen LogP contribution is -2.33. The van der Waals surface area contributed by atoms with Crippen molar-refractivity contribution in [2.45, 2.75) is 6.04 Å². The quantitative estimate of drug-likeness (QED) is 0.899. The molecule has 19 heavy (non-hydrogen) atoms. The van der Waals surface area contributed by atoms with Crippen molar-refractivity contribution in [1.82, 2.24) is 14.8 Å². The lowest BCUT2D eigenvalue weighted by Gasteiger charge is -2.17. The number of rotatable bonds is 3. The zero-order chi connectivity index (χ0) is 13.4. The molecule has 1 unspecified atom stereocenters. The van der Waals surface area contributed by atoms with E-state index in [1.165, 1.54) is 6.39 Å². The molecule has 0 radical (unpaired) electrons. The summed E-state index contributed by atoms with van der Waals surface area (Å²) in [6.07, 6.45) is 1.43. The Bertz CT molecular complexity index is 609. The minimum atomic E-state index is 0.0214. The lowest BCUT2D eigenvalue weighted by molar-refractivity contribution is 0.196. The molecule has 1 fully saturated rings. The van der Waals surface area contributed by atoms with Crippen LogP contribution in [0.1, 0.15) is 11.6 Å². The number of aromatic nitrogens is 1. The summed E-state index contributed by atoms with van der Waals surface area (Å²) in [5.74, 6) is 0. The highest BCUT2D eigenvalue weighted by Crippen LogP contribution is 2.29. The van der Waals surface area contributed by atoms with Crippen LogP contribution in [-0.4, -0.2) is 47.5 Å². The smallest absolute Gasteiger partial charge is 0.320 e. The molecule has 2 aromatic rings. The van der Waals surface area contributed by atoms with Gasteiger partial charge in [-0.1, -0.05) is 6.07 Å². The molecule has 1 saturated heterocycles. The Hall–Kier alpha value is -2.08. The molecule has 6 heteroatoms. The largest absolute Gasteiger partial charge is 0.443 e. The van der Waals surface area contributed by atoms with Gasteiger partial charge in [0.05, 0.1) is 6.04 Å². The molecule has 1 atom stereocenters. The number of oxazole rings is 1. The first-order valence-electron chi connectivity index (χ1n) is 6.25. The number of hydrogen-bond donors (Lipinski definition) is 1. The molecule has 2 heterocycles. The highest BCUT2D eigenvalue weighted by atomic mass is 16.3. The van der Waals surface area contributed by atoms with Gasteiger partial charge in [0.2, 0.25) is 0 Å². The Labute approximate surface area is 110 Å². The summed E-state index contributed by atoms with van der Waals surface area (Å²) >= 11 is 0. The van der Waals surface area contributed by atoms with Gasteiger partial charge in [-0.15, -0.1) is 0 Å². The second-order valence-electron chi connectivity index (χ2n) is 4.72. The van der Waals surface area contributed by atoms with Gasteiger partial charge in [-0.05, 0) is 17.7 Å². The van der Waals surface area contributed by atoms with Crippen molar-refractivity contribution in [2.75, 3.05) is 26.7 Å². The number of fused-ring (bicyclic) bond motifs is 1. The summed E-state index contributed by atoms with van der Waals surface area (Å²) in [6.45, 7) is 1.73. The van der Waals surface area contributed by atoms with E-state index in [2.05, 4.69) is 4.98 Å². The molecule has 3 rings (SSSR count).